The molecule has 0 radical (unpaired) electrons. The van der Waals surface area contributed by atoms with Crippen molar-refractivity contribution in [3.05, 3.63) is 42.5 Å². The first-order chi connectivity index (χ1) is 17.1. The van der Waals surface area contributed by atoms with Crippen LogP contribution < -0.4 is 9.47 Å². The predicted molar refractivity (Wildman–Crippen MR) is 126 cm³/mol. The minimum Gasteiger partial charge on any atom is -0.490 e. The van der Waals surface area contributed by atoms with Gasteiger partial charge in [-0.15, -0.1) is 0 Å². The Labute approximate surface area is 205 Å². The number of amides is 1. The van der Waals surface area contributed by atoms with Gasteiger partial charge in [0.05, 0.1) is 6.10 Å². The molecule has 1 aliphatic carbocycles. The second-order valence-corrected chi connectivity index (χ2v) is 9.15. The van der Waals surface area contributed by atoms with Gasteiger partial charge in [0.2, 0.25) is 0 Å². The van der Waals surface area contributed by atoms with Crippen molar-refractivity contribution in [1.82, 2.24) is 19.9 Å². The second kappa shape index (κ2) is 11.7. The molecule has 1 amide bonds. The van der Waals surface area contributed by atoms with Gasteiger partial charge in [-0.05, 0) is 43.7 Å². The monoisotopic (exact) mass is 486 g/mol. The average Bonchev–Trinajstić information content (AvgIpc) is 2.88. The lowest BCUT2D eigenvalue weighted by molar-refractivity contribution is -0.236. The van der Waals surface area contributed by atoms with Gasteiger partial charge >= 0.3 is 6.01 Å². The minimum atomic E-state index is -1.23. The van der Waals surface area contributed by atoms with E-state index in [0.717, 1.165) is 24.5 Å². The van der Waals surface area contributed by atoms with Crippen molar-refractivity contribution in [3.8, 4) is 11.8 Å². The molecule has 190 valence electrons. The molecule has 10 heteroatoms. The van der Waals surface area contributed by atoms with Gasteiger partial charge in [0, 0.05) is 51.0 Å². The van der Waals surface area contributed by atoms with Crippen molar-refractivity contribution < 1.29 is 28.5 Å². The molecule has 0 spiro atoms. The topological polar surface area (TPSA) is 105 Å². The Hall–Kier alpha value is -2.82. The average molecular weight is 487 g/mol. The van der Waals surface area contributed by atoms with E-state index in [1.54, 1.807) is 29.6 Å². The maximum Gasteiger partial charge on any atom is 0.316 e. The number of aromatic nitrogens is 3. The fourth-order valence-corrected chi connectivity index (χ4v) is 4.74. The first-order valence-corrected chi connectivity index (χ1v) is 12.0. The Balaban J connectivity index is 1.52. The van der Waals surface area contributed by atoms with Crippen LogP contribution in [0.3, 0.4) is 0 Å². The summed E-state index contributed by atoms with van der Waals surface area (Å²) in [6, 6.07) is 5.22. The third-order valence-corrected chi connectivity index (χ3v) is 6.65. The van der Waals surface area contributed by atoms with Crippen molar-refractivity contribution in [1.29, 1.82) is 0 Å². The number of hydrogen-bond donors (Lipinski definition) is 0. The van der Waals surface area contributed by atoms with Crippen LogP contribution >= 0.6 is 0 Å². The Kier molecular flexibility index (Phi) is 8.48. The van der Waals surface area contributed by atoms with Gasteiger partial charge in [0.15, 0.2) is 5.60 Å². The van der Waals surface area contributed by atoms with Crippen LogP contribution in [0.4, 0.5) is 0 Å². The number of hydrogen-bond acceptors (Lipinski definition) is 9. The van der Waals surface area contributed by atoms with Crippen molar-refractivity contribution in [2.24, 2.45) is 5.92 Å². The first kappa shape index (κ1) is 25.3. The molecule has 1 aliphatic heterocycles. The summed E-state index contributed by atoms with van der Waals surface area (Å²) in [5.41, 5.74) is -0.538. The number of carbonyl (C=O) groups excluding carboxylic acids is 1. The lowest BCUT2D eigenvalue weighted by atomic mass is 9.78. The van der Waals surface area contributed by atoms with E-state index in [4.69, 9.17) is 23.7 Å². The van der Waals surface area contributed by atoms with E-state index < -0.39 is 11.6 Å². The number of rotatable bonds is 12. The van der Waals surface area contributed by atoms with E-state index >= 15 is 0 Å². The van der Waals surface area contributed by atoms with Crippen LogP contribution in [0.2, 0.25) is 0 Å². The van der Waals surface area contributed by atoms with Crippen molar-refractivity contribution >= 4 is 5.91 Å². The fraction of sp³-hybridized carbons (Fsp3) is 0.600. The molecular formula is C25H34N4O6. The molecule has 35 heavy (non-hydrogen) atoms. The van der Waals surface area contributed by atoms with E-state index in [9.17, 15) is 4.79 Å². The summed E-state index contributed by atoms with van der Waals surface area (Å²) in [6.45, 7) is 2.46. The van der Waals surface area contributed by atoms with Crippen LogP contribution in [0.5, 0.6) is 11.8 Å². The molecule has 0 aromatic carbocycles. The highest BCUT2D eigenvalue weighted by molar-refractivity contribution is 5.93. The molecule has 0 N–H and O–H groups in total. The standard InChI is InChI=1S/C25H34N4O6/c1-18-5-7-20(8-6-18)35-21-9-12-26-19(13-21)14-25(34-17-32-3)22(29(16-31-2)23(25)30)15-33-24-27-10-4-11-28-24/h4,9-13,18,20,22H,5-8,14-17H2,1-3H3/t18-,20-,22-,25+/m0/s1. The molecule has 2 aromatic rings. The van der Waals surface area contributed by atoms with E-state index in [-0.39, 0.29) is 44.6 Å². The first-order valence-electron chi connectivity index (χ1n) is 12.0. The van der Waals surface area contributed by atoms with Gasteiger partial charge in [-0.2, -0.15) is 0 Å². The highest BCUT2D eigenvalue weighted by atomic mass is 16.7. The quantitative estimate of drug-likeness (QED) is 0.331. The van der Waals surface area contributed by atoms with Gasteiger partial charge < -0.3 is 28.6 Å². The maximum atomic E-state index is 13.4. The van der Waals surface area contributed by atoms with Crippen LogP contribution in [-0.4, -0.2) is 77.9 Å². The Morgan fingerprint density at radius 1 is 1.06 bits per heavy atom. The number of likely N-dealkylation sites (tertiary alicyclic amines) is 1. The Morgan fingerprint density at radius 2 is 1.83 bits per heavy atom. The van der Waals surface area contributed by atoms with Crippen LogP contribution in [-0.2, 0) is 25.4 Å². The Morgan fingerprint density at radius 3 is 2.54 bits per heavy atom. The molecule has 0 bridgehead atoms. The number of nitrogens with zero attached hydrogens (tertiary/aromatic N) is 4. The van der Waals surface area contributed by atoms with Crippen LogP contribution in [0.1, 0.15) is 38.3 Å². The van der Waals surface area contributed by atoms with Gasteiger partial charge in [-0.3, -0.25) is 9.78 Å². The number of methoxy groups -OCH3 is 2. The zero-order valence-electron chi connectivity index (χ0n) is 20.6. The molecule has 4 rings (SSSR count). The summed E-state index contributed by atoms with van der Waals surface area (Å²) < 4.78 is 28.5. The summed E-state index contributed by atoms with van der Waals surface area (Å²) in [6.07, 6.45) is 9.78. The van der Waals surface area contributed by atoms with Gasteiger partial charge in [-0.1, -0.05) is 6.92 Å². The molecule has 2 aromatic heterocycles. The fourth-order valence-electron chi connectivity index (χ4n) is 4.74. The zero-order valence-corrected chi connectivity index (χ0v) is 20.6. The van der Waals surface area contributed by atoms with E-state index in [2.05, 4.69) is 21.9 Å². The smallest absolute Gasteiger partial charge is 0.316 e. The minimum absolute atomic E-state index is 0.0542. The van der Waals surface area contributed by atoms with E-state index in [1.807, 2.05) is 12.1 Å². The van der Waals surface area contributed by atoms with Gasteiger partial charge in [-0.25, -0.2) is 9.97 Å². The Bertz CT molecular complexity index is 956. The predicted octanol–water partition coefficient (Wildman–Crippen LogP) is 2.62. The number of pyridine rings is 1. The highest BCUT2D eigenvalue weighted by Crippen LogP contribution is 2.38. The van der Waals surface area contributed by atoms with Crippen molar-refractivity contribution in [3.63, 3.8) is 0 Å². The zero-order chi connectivity index (χ0) is 24.7. The van der Waals surface area contributed by atoms with Crippen LogP contribution in [0.15, 0.2) is 36.8 Å². The molecule has 1 saturated carbocycles. The lowest BCUT2D eigenvalue weighted by Crippen LogP contribution is -2.77. The molecule has 1 saturated heterocycles. The summed E-state index contributed by atoms with van der Waals surface area (Å²) in [5.74, 6) is 1.29. The van der Waals surface area contributed by atoms with Crippen LogP contribution in [0, 0.1) is 5.92 Å². The molecule has 10 nitrogen and oxygen atoms in total. The van der Waals surface area contributed by atoms with Gasteiger partial charge in [0.1, 0.15) is 31.9 Å². The summed E-state index contributed by atoms with van der Waals surface area (Å²) >= 11 is 0. The lowest BCUT2D eigenvalue weighted by Gasteiger charge is -2.54. The molecule has 2 aliphatic rings. The van der Waals surface area contributed by atoms with E-state index in [0.29, 0.717) is 5.69 Å². The van der Waals surface area contributed by atoms with Crippen molar-refractivity contribution in [2.75, 3.05) is 34.4 Å². The second-order valence-electron chi connectivity index (χ2n) is 9.15. The molecule has 2 atom stereocenters. The summed E-state index contributed by atoms with van der Waals surface area (Å²) in [7, 11) is 3.06. The molecular weight excluding hydrogens is 452 g/mol. The number of carbonyl (C=O) groups is 1. The SMILES string of the molecule is COCO[C@@]1(Cc2cc(O[C@H]3CC[C@H](C)CC3)ccn2)C(=O)N(COC)[C@H]1COc1ncccn1. The largest absolute Gasteiger partial charge is 0.490 e. The van der Waals surface area contributed by atoms with Crippen LogP contribution in [0.25, 0.3) is 0 Å². The molecule has 0 unspecified atom stereocenters. The maximum absolute atomic E-state index is 13.4. The molecule has 3 heterocycles. The third kappa shape index (κ3) is 5.88. The van der Waals surface area contributed by atoms with Crippen molar-refractivity contribution in [2.45, 2.75) is 56.8 Å². The van der Waals surface area contributed by atoms with Gasteiger partial charge in [0.25, 0.3) is 5.91 Å². The number of ether oxygens (including phenoxy) is 5. The highest BCUT2D eigenvalue weighted by Gasteiger charge is 2.62. The number of β-lactam (4-membered cyclic amide) rings is 1. The third-order valence-electron chi connectivity index (χ3n) is 6.65. The molecule has 2 fully saturated rings. The normalized spacial score (nSPS) is 26.3. The summed E-state index contributed by atoms with van der Waals surface area (Å²) in [5, 5.41) is 0. The summed E-state index contributed by atoms with van der Waals surface area (Å²) in [4.78, 5) is 27.6. The van der Waals surface area contributed by atoms with E-state index in [1.165, 1.54) is 27.1 Å².